The molecule has 0 unspecified atom stereocenters. The Morgan fingerprint density at radius 1 is 1.50 bits per heavy atom. The molecule has 0 amide bonds. The molecule has 0 spiro atoms. The van der Waals surface area contributed by atoms with Gasteiger partial charge < -0.3 is 4.74 Å². The van der Waals surface area contributed by atoms with E-state index in [0.29, 0.717) is 0 Å². The van der Waals surface area contributed by atoms with Crippen LogP contribution in [0.5, 0.6) is 0 Å². The number of nitriles is 2. The normalized spacial score (nSPS) is 8.86. The summed E-state index contributed by atoms with van der Waals surface area (Å²) in [6.45, 7) is 0. The average molecular weight is 190 g/mol. The molecule has 70 valence electrons. The number of hydrogen-bond donors (Lipinski definition) is 0. The van der Waals surface area contributed by atoms with Gasteiger partial charge in [-0.05, 0) is 0 Å². The van der Waals surface area contributed by atoms with Crippen LogP contribution >= 0.6 is 0 Å². The molecule has 6 nitrogen and oxygen atoms in total. The number of carbonyl (C=O) groups is 1. The molecule has 0 aromatic carbocycles. The highest BCUT2D eigenvalue weighted by Crippen LogP contribution is 2.12. The predicted octanol–water partition coefficient (Wildman–Crippen LogP) is -0.0499. The second-order valence-electron chi connectivity index (χ2n) is 2.41. The summed E-state index contributed by atoms with van der Waals surface area (Å²) in [6, 6.07) is 3.47. The molecular weight excluding hydrogens is 184 g/mol. The number of aromatic nitrogens is 2. The lowest BCUT2D eigenvalue weighted by Gasteiger charge is -1.98. The SMILES string of the molecule is COC(=O)c1c(C#N)c(C#N)nn1C. The molecule has 0 aliphatic carbocycles. The lowest BCUT2D eigenvalue weighted by atomic mass is 10.2. The average Bonchev–Trinajstić information content (AvgIpc) is 2.53. The Hall–Kier alpha value is -2.34. The first-order valence-corrected chi connectivity index (χ1v) is 3.61. The van der Waals surface area contributed by atoms with Gasteiger partial charge in [-0.3, -0.25) is 4.68 Å². The van der Waals surface area contributed by atoms with Crippen molar-refractivity contribution >= 4 is 5.97 Å². The number of ether oxygens (including phenoxy) is 1. The number of carbonyl (C=O) groups excluding carboxylic acids is 1. The van der Waals surface area contributed by atoms with Crippen LogP contribution in [0.25, 0.3) is 0 Å². The summed E-state index contributed by atoms with van der Waals surface area (Å²) >= 11 is 0. The summed E-state index contributed by atoms with van der Waals surface area (Å²) in [5.74, 6) is -0.682. The second-order valence-corrected chi connectivity index (χ2v) is 2.41. The standard InChI is InChI=1S/C8H6N4O2/c1-12-7(8(13)14-2)5(3-9)6(4-10)11-12/h1-2H3. The van der Waals surface area contributed by atoms with E-state index in [1.54, 1.807) is 12.1 Å². The van der Waals surface area contributed by atoms with Crippen LogP contribution in [0.15, 0.2) is 0 Å². The first kappa shape index (κ1) is 9.75. The summed E-state index contributed by atoms with van der Waals surface area (Å²) in [6.07, 6.45) is 0. The molecule has 6 heteroatoms. The molecule has 0 aliphatic rings. The third-order valence-electron chi connectivity index (χ3n) is 1.64. The Morgan fingerprint density at radius 3 is 2.57 bits per heavy atom. The molecule has 1 aromatic heterocycles. The van der Waals surface area contributed by atoms with E-state index in [1.807, 2.05) is 0 Å². The van der Waals surface area contributed by atoms with Crippen LogP contribution in [0, 0.1) is 22.7 Å². The van der Waals surface area contributed by atoms with Crippen LogP contribution in [0.4, 0.5) is 0 Å². The minimum atomic E-state index is -0.682. The monoisotopic (exact) mass is 190 g/mol. The zero-order valence-corrected chi connectivity index (χ0v) is 7.61. The lowest BCUT2D eigenvalue weighted by Crippen LogP contribution is -2.09. The summed E-state index contributed by atoms with van der Waals surface area (Å²) in [5, 5.41) is 21.0. The van der Waals surface area contributed by atoms with Gasteiger partial charge in [0.1, 0.15) is 17.7 Å². The van der Waals surface area contributed by atoms with Crippen LogP contribution in [-0.4, -0.2) is 22.9 Å². The first-order chi connectivity index (χ1) is 6.65. The van der Waals surface area contributed by atoms with Crippen molar-refractivity contribution in [3.63, 3.8) is 0 Å². The molecular formula is C8H6N4O2. The molecule has 1 heterocycles. The van der Waals surface area contributed by atoms with Gasteiger partial charge in [0, 0.05) is 7.05 Å². The van der Waals surface area contributed by atoms with E-state index in [2.05, 4.69) is 9.84 Å². The topological polar surface area (TPSA) is 91.7 Å². The van der Waals surface area contributed by atoms with Gasteiger partial charge in [-0.2, -0.15) is 15.6 Å². The summed E-state index contributed by atoms with van der Waals surface area (Å²) in [7, 11) is 2.66. The quantitative estimate of drug-likeness (QED) is 0.579. The molecule has 0 aliphatic heterocycles. The van der Waals surface area contributed by atoms with Crippen molar-refractivity contribution in [1.29, 1.82) is 10.5 Å². The Bertz CT molecular complexity index is 461. The predicted molar refractivity (Wildman–Crippen MR) is 44.0 cm³/mol. The van der Waals surface area contributed by atoms with Gasteiger partial charge in [-0.25, -0.2) is 4.79 Å². The fourth-order valence-corrected chi connectivity index (χ4v) is 1.04. The largest absolute Gasteiger partial charge is 0.464 e. The van der Waals surface area contributed by atoms with Crippen molar-refractivity contribution in [3.8, 4) is 12.1 Å². The van der Waals surface area contributed by atoms with Crippen molar-refractivity contribution < 1.29 is 9.53 Å². The first-order valence-electron chi connectivity index (χ1n) is 3.61. The van der Waals surface area contributed by atoms with Gasteiger partial charge in [0.15, 0.2) is 11.4 Å². The summed E-state index contributed by atoms with van der Waals surface area (Å²) < 4.78 is 5.61. The van der Waals surface area contributed by atoms with Gasteiger partial charge in [0.05, 0.1) is 7.11 Å². The van der Waals surface area contributed by atoms with Crippen molar-refractivity contribution in [2.75, 3.05) is 7.11 Å². The van der Waals surface area contributed by atoms with Crippen molar-refractivity contribution in [1.82, 2.24) is 9.78 Å². The highest BCUT2D eigenvalue weighted by molar-refractivity contribution is 5.91. The van der Waals surface area contributed by atoms with E-state index < -0.39 is 5.97 Å². The molecule has 0 radical (unpaired) electrons. The van der Waals surface area contributed by atoms with Crippen LogP contribution in [0.1, 0.15) is 21.7 Å². The highest BCUT2D eigenvalue weighted by atomic mass is 16.5. The maximum Gasteiger partial charge on any atom is 0.357 e. The molecule has 0 saturated carbocycles. The molecule has 14 heavy (non-hydrogen) atoms. The van der Waals surface area contributed by atoms with E-state index in [-0.39, 0.29) is 17.0 Å². The second kappa shape index (κ2) is 3.58. The number of nitrogens with zero attached hydrogens (tertiary/aromatic N) is 4. The zero-order valence-electron chi connectivity index (χ0n) is 7.61. The van der Waals surface area contributed by atoms with E-state index in [1.165, 1.54) is 14.2 Å². The van der Waals surface area contributed by atoms with Crippen molar-refractivity contribution in [2.45, 2.75) is 0 Å². The van der Waals surface area contributed by atoms with Crippen LogP contribution < -0.4 is 0 Å². The Balaban J connectivity index is 3.45. The van der Waals surface area contributed by atoms with E-state index in [4.69, 9.17) is 10.5 Å². The molecule has 0 saturated heterocycles. The fraction of sp³-hybridized carbons (Fsp3) is 0.250. The third kappa shape index (κ3) is 1.29. The maximum atomic E-state index is 11.2. The van der Waals surface area contributed by atoms with Crippen LogP contribution in [0.3, 0.4) is 0 Å². The molecule has 1 aromatic rings. The Morgan fingerprint density at radius 2 is 2.14 bits per heavy atom. The van der Waals surface area contributed by atoms with Crippen LogP contribution in [-0.2, 0) is 11.8 Å². The lowest BCUT2D eigenvalue weighted by molar-refractivity contribution is 0.0588. The summed E-state index contributed by atoms with van der Waals surface area (Å²) in [5.41, 5.74) is -0.135. The van der Waals surface area contributed by atoms with Crippen molar-refractivity contribution in [3.05, 3.63) is 17.0 Å². The number of aryl methyl sites for hydroxylation is 1. The van der Waals surface area contributed by atoms with Gasteiger partial charge in [0.2, 0.25) is 0 Å². The van der Waals surface area contributed by atoms with E-state index in [9.17, 15) is 4.79 Å². The number of esters is 1. The van der Waals surface area contributed by atoms with Crippen molar-refractivity contribution in [2.24, 2.45) is 7.05 Å². The highest BCUT2D eigenvalue weighted by Gasteiger charge is 2.22. The molecule has 0 N–H and O–H groups in total. The van der Waals surface area contributed by atoms with Gasteiger partial charge in [0.25, 0.3) is 0 Å². The van der Waals surface area contributed by atoms with Gasteiger partial charge in [-0.1, -0.05) is 0 Å². The van der Waals surface area contributed by atoms with E-state index >= 15 is 0 Å². The third-order valence-corrected chi connectivity index (χ3v) is 1.64. The minimum Gasteiger partial charge on any atom is -0.464 e. The number of methoxy groups -OCH3 is 1. The molecule has 1 rings (SSSR count). The van der Waals surface area contributed by atoms with Gasteiger partial charge >= 0.3 is 5.97 Å². The number of hydrogen-bond acceptors (Lipinski definition) is 5. The summed E-state index contributed by atoms with van der Waals surface area (Å²) in [4.78, 5) is 11.2. The molecule has 0 bridgehead atoms. The minimum absolute atomic E-state index is 0.00782. The van der Waals surface area contributed by atoms with E-state index in [0.717, 1.165) is 4.68 Å². The Kier molecular flexibility index (Phi) is 2.49. The van der Waals surface area contributed by atoms with Gasteiger partial charge in [-0.15, -0.1) is 0 Å². The molecule has 0 fully saturated rings. The Labute approximate surface area is 79.9 Å². The van der Waals surface area contributed by atoms with Crippen LogP contribution in [0.2, 0.25) is 0 Å². The number of rotatable bonds is 1. The zero-order chi connectivity index (χ0) is 10.7. The maximum absolute atomic E-state index is 11.2. The fourth-order valence-electron chi connectivity index (χ4n) is 1.04. The molecule has 0 atom stereocenters. The smallest absolute Gasteiger partial charge is 0.357 e.